The first kappa shape index (κ1) is 62.4. The summed E-state index contributed by atoms with van der Waals surface area (Å²) in [6.07, 6.45) is 0. The minimum absolute atomic E-state index is 0.358. The number of anilines is 6. The second kappa shape index (κ2) is 27.3. The molecular formula is C99H73N3. The van der Waals surface area contributed by atoms with Crippen molar-refractivity contribution < 1.29 is 0 Å². The summed E-state index contributed by atoms with van der Waals surface area (Å²) in [5, 5.41) is 10.9. The van der Waals surface area contributed by atoms with Crippen LogP contribution in [0.5, 0.6) is 0 Å². The summed E-state index contributed by atoms with van der Waals surface area (Å²) in [5.74, 6) is 0. The fraction of sp³-hybridized carbons (Fsp3) is 0.0303. The van der Waals surface area contributed by atoms with Crippen molar-refractivity contribution in [3.8, 4) is 44.5 Å². The lowest BCUT2D eigenvalue weighted by Gasteiger charge is -2.34. The molecule has 3 aliphatic carbocycles. The van der Waals surface area contributed by atoms with Crippen molar-refractivity contribution >= 4 is 34.1 Å². The number of hydrogen-bond donors (Lipinski definition) is 3. The van der Waals surface area contributed by atoms with Gasteiger partial charge in [-0.1, -0.05) is 352 Å². The fourth-order valence-corrected chi connectivity index (χ4v) is 16.5. The van der Waals surface area contributed by atoms with E-state index in [1.165, 1.54) is 111 Å². The van der Waals surface area contributed by atoms with Crippen LogP contribution in [0.2, 0.25) is 0 Å². The zero-order valence-electron chi connectivity index (χ0n) is 56.4. The van der Waals surface area contributed by atoms with E-state index >= 15 is 0 Å². The molecular weight excluding hydrogens is 1230 g/mol. The van der Waals surface area contributed by atoms with Gasteiger partial charge in [0.1, 0.15) is 0 Å². The number of fused-ring (bicyclic) bond motifs is 9. The van der Waals surface area contributed by atoms with E-state index < -0.39 is 0 Å². The minimum atomic E-state index is -0.386. The van der Waals surface area contributed by atoms with E-state index in [1.54, 1.807) is 0 Å². The van der Waals surface area contributed by atoms with Crippen LogP contribution in [-0.4, -0.2) is 0 Å². The van der Waals surface area contributed by atoms with Gasteiger partial charge in [-0.3, -0.25) is 0 Å². The van der Waals surface area contributed by atoms with Crippen LogP contribution in [0.1, 0.15) is 66.8 Å². The molecule has 0 aliphatic heterocycles. The Labute approximate surface area is 598 Å². The fourth-order valence-electron chi connectivity index (χ4n) is 16.5. The number of rotatable bonds is 13. The van der Waals surface area contributed by atoms with Crippen LogP contribution in [0.3, 0.4) is 0 Å². The summed E-state index contributed by atoms with van der Waals surface area (Å²) < 4.78 is 0. The van der Waals surface area contributed by atoms with Crippen molar-refractivity contribution in [2.75, 3.05) is 16.0 Å². The molecule has 0 bridgehead atoms. The van der Waals surface area contributed by atoms with E-state index in [0.29, 0.717) is 0 Å². The largest absolute Gasteiger partial charge is 0.356 e. The van der Waals surface area contributed by atoms with Gasteiger partial charge in [0.2, 0.25) is 0 Å². The van der Waals surface area contributed by atoms with Crippen molar-refractivity contribution in [3.05, 3.63) is 491 Å². The van der Waals surface area contributed by atoms with Gasteiger partial charge < -0.3 is 16.0 Å². The third kappa shape index (κ3) is 11.1. The molecule has 0 aromatic heterocycles. The van der Waals surface area contributed by atoms with Gasteiger partial charge in [-0.15, -0.1) is 0 Å². The van der Waals surface area contributed by atoms with Crippen LogP contribution in [0.15, 0.2) is 425 Å². The summed E-state index contributed by atoms with van der Waals surface area (Å²) in [7, 11) is 0. The van der Waals surface area contributed by atoms with Crippen LogP contribution in [0.25, 0.3) is 44.5 Å². The summed E-state index contributed by atoms with van der Waals surface area (Å²) in [5.41, 5.74) is 31.3. The molecule has 0 unspecified atom stereocenters. The van der Waals surface area contributed by atoms with Gasteiger partial charge in [-0.2, -0.15) is 0 Å². The van der Waals surface area contributed by atoms with Crippen molar-refractivity contribution in [2.24, 2.45) is 0 Å². The van der Waals surface area contributed by atoms with E-state index in [9.17, 15) is 0 Å². The van der Waals surface area contributed by atoms with E-state index in [2.05, 4.69) is 428 Å². The molecule has 0 amide bonds. The second-order valence-corrected chi connectivity index (χ2v) is 26.4. The highest BCUT2D eigenvalue weighted by Gasteiger charge is 2.49. The summed E-state index contributed by atoms with van der Waals surface area (Å²) in [4.78, 5) is 0. The lowest BCUT2D eigenvalue weighted by Crippen LogP contribution is -2.28. The van der Waals surface area contributed by atoms with Crippen LogP contribution < -0.4 is 16.0 Å². The quantitative estimate of drug-likeness (QED) is 0.108. The van der Waals surface area contributed by atoms with Crippen molar-refractivity contribution in [3.63, 3.8) is 0 Å². The Bertz CT molecular complexity index is 5220. The number of hydrogen-bond acceptors (Lipinski definition) is 3. The van der Waals surface area contributed by atoms with Gasteiger partial charge in [0, 0.05) is 34.1 Å². The predicted molar refractivity (Wildman–Crippen MR) is 426 cm³/mol. The third-order valence-corrected chi connectivity index (χ3v) is 20.8. The highest BCUT2D eigenvalue weighted by molar-refractivity contribution is 5.91. The van der Waals surface area contributed by atoms with Crippen LogP contribution in [0, 0.1) is 0 Å². The first-order valence-electron chi connectivity index (χ1n) is 35.2. The molecule has 0 radical (unpaired) electrons. The van der Waals surface area contributed by atoms with E-state index in [1.807, 2.05) is 12.1 Å². The van der Waals surface area contributed by atoms with Gasteiger partial charge in [0.15, 0.2) is 0 Å². The Balaban J connectivity index is 0.000000114. The highest BCUT2D eigenvalue weighted by Crippen LogP contribution is 2.60. The van der Waals surface area contributed by atoms with E-state index in [4.69, 9.17) is 0 Å². The van der Waals surface area contributed by atoms with Gasteiger partial charge in [0.25, 0.3) is 0 Å². The smallest absolute Gasteiger partial charge is 0.0714 e. The van der Waals surface area contributed by atoms with Gasteiger partial charge >= 0.3 is 0 Å². The van der Waals surface area contributed by atoms with E-state index in [0.717, 1.165) is 34.1 Å². The minimum Gasteiger partial charge on any atom is -0.356 e. The topological polar surface area (TPSA) is 36.1 Å². The van der Waals surface area contributed by atoms with Crippen molar-refractivity contribution in [1.82, 2.24) is 0 Å². The molecule has 0 saturated heterocycles. The maximum Gasteiger partial charge on any atom is 0.0714 e. The lowest BCUT2D eigenvalue weighted by molar-refractivity contribution is 0.769. The zero-order valence-corrected chi connectivity index (χ0v) is 56.4. The maximum atomic E-state index is 3.68. The average molecular weight is 1300 g/mol. The molecule has 3 nitrogen and oxygen atoms in total. The number of benzene rings is 16. The summed E-state index contributed by atoms with van der Waals surface area (Å²) >= 11 is 0. The molecule has 0 fully saturated rings. The molecule has 3 aliphatic rings. The molecule has 16 aromatic rings. The SMILES string of the molecule is c1ccc(-c2ccc(Nc3ccc4c(c3)C(c3ccccc3)(c3ccccc3)c3ccccc3-4)cc2)cc1.c1ccc(Nc2ccc3c(c2)C(c2ccccc2)(c2ccccc2)c2ccccc2-3)cc1.c1ccc(Nc2ccc3c(c2)C(c2ccccc2)(c2ccccc2)c2ccccc2-3)cc1. The molecule has 19 rings (SSSR count). The van der Waals surface area contributed by atoms with Gasteiger partial charge in [-0.25, -0.2) is 0 Å². The molecule has 484 valence electrons. The van der Waals surface area contributed by atoms with Gasteiger partial charge in [0.05, 0.1) is 16.2 Å². The van der Waals surface area contributed by atoms with Crippen LogP contribution in [-0.2, 0) is 16.2 Å². The molecule has 0 saturated carbocycles. The molecule has 102 heavy (non-hydrogen) atoms. The Hall–Kier alpha value is -13.1. The molecule has 3 heteroatoms. The Morgan fingerprint density at radius 3 is 0.608 bits per heavy atom. The van der Waals surface area contributed by atoms with E-state index in [-0.39, 0.29) is 16.2 Å². The first-order valence-corrected chi connectivity index (χ1v) is 35.2. The number of para-hydroxylation sites is 2. The highest BCUT2D eigenvalue weighted by atomic mass is 14.9. The molecule has 3 N–H and O–H groups in total. The summed E-state index contributed by atoms with van der Waals surface area (Å²) in [6.45, 7) is 0. The van der Waals surface area contributed by atoms with Crippen molar-refractivity contribution in [2.45, 2.75) is 16.2 Å². The zero-order chi connectivity index (χ0) is 68.1. The monoisotopic (exact) mass is 1300 g/mol. The Morgan fingerprint density at radius 2 is 0.333 bits per heavy atom. The average Bonchev–Trinajstić information content (AvgIpc) is 1.55. The predicted octanol–water partition coefficient (Wildman–Crippen LogP) is 25.0. The normalized spacial score (nSPS) is 13.1. The standard InChI is InChI=1S/C37H27N.2C31H23N/c1-4-12-27(13-5-1)28-20-22-31(23-21-28)38-32-24-25-34-33-18-10-11-19-35(33)37(36(34)26-32,29-14-6-2-7-15-29)30-16-8-3-9-17-30;2*1-4-12-23(13-5-1)31(24-14-6-2-7-15-24)29-19-11-10-18-27(29)28-21-20-26(22-30(28)31)32-25-16-8-3-9-17-25/h1-26,38H;2*1-22,32H. The lowest BCUT2D eigenvalue weighted by atomic mass is 9.67. The van der Waals surface area contributed by atoms with Crippen LogP contribution in [0.4, 0.5) is 34.1 Å². The second-order valence-electron chi connectivity index (χ2n) is 26.4. The maximum absolute atomic E-state index is 3.68. The Kier molecular flexibility index (Phi) is 16.7. The summed E-state index contributed by atoms with van der Waals surface area (Å²) in [6, 6.07) is 152. The number of nitrogens with one attached hydrogen (secondary N) is 3. The molecule has 0 heterocycles. The third-order valence-electron chi connectivity index (χ3n) is 20.8. The first-order chi connectivity index (χ1) is 50.6. The van der Waals surface area contributed by atoms with Crippen LogP contribution >= 0.6 is 0 Å². The van der Waals surface area contributed by atoms with Crippen molar-refractivity contribution in [1.29, 1.82) is 0 Å². The van der Waals surface area contributed by atoms with Gasteiger partial charge in [-0.05, 0) is 184 Å². The molecule has 0 spiro atoms. The molecule has 16 aromatic carbocycles. The Morgan fingerprint density at radius 1 is 0.137 bits per heavy atom. The molecule has 0 atom stereocenters.